The Morgan fingerprint density at radius 2 is 1.63 bits per heavy atom. The fourth-order valence-corrected chi connectivity index (χ4v) is 1.25. The van der Waals surface area contributed by atoms with Crippen LogP contribution in [0.2, 0.25) is 0 Å². The average molecular weight is 276 g/mol. The van der Waals surface area contributed by atoms with Crippen LogP contribution in [0.25, 0.3) is 0 Å². The standard InChI is InChI=1S/C13H28N2O4/c1-3-5-6-15-13(16)19-12-11-18-10-9-17-8-7-14-4-2/h14H,3-12H2,1-2H3,(H,15,16). The molecule has 1 amide bonds. The maximum Gasteiger partial charge on any atom is 0.407 e. The molecule has 6 nitrogen and oxygen atoms in total. The van der Waals surface area contributed by atoms with E-state index in [0.717, 1.165) is 25.9 Å². The molecule has 0 unspecified atom stereocenters. The van der Waals surface area contributed by atoms with Crippen LogP contribution < -0.4 is 10.6 Å². The van der Waals surface area contributed by atoms with E-state index in [4.69, 9.17) is 14.2 Å². The lowest BCUT2D eigenvalue weighted by Gasteiger charge is -2.08. The summed E-state index contributed by atoms with van der Waals surface area (Å²) >= 11 is 0. The Balaban J connectivity index is 3.07. The Morgan fingerprint density at radius 3 is 2.32 bits per heavy atom. The molecule has 0 aromatic rings. The molecule has 0 aliphatic heterocycles. The van der Waals surface area contributed by atoms with Gasteiger partial charge in [0.15, 0.2) is 0 Å². The van der Waals surface area contributed by atoms with Crippen LogP contribution in [0.1, 0.15) is 26.7 Å². The second kappa shape index (κ2) is 15.2. The monoisotopic (exact) mass is 276 g/mol. The lowest BCUT2D eigenvalue weighted by Crippen LogP contribution is -2.26. The van der Waals surface area contributed by atoms with E-state index in [-0.39, 0.29) is 12.7 Å². The number of carbonyl (C=O) groups excluding carboxylic acids is 1. The number of hydrogen-bond donors (Lipinski definition) is 2. The lowest BCUT2D eigenvalue weighted by atomic mass is 10.3. The van der Waals surface area contributed by atoms with Crippen LogP contribution in [0.3, 0.4) is 0 Å². The van der Waals surface area contributed by atoms with Gasteiger partial charge in [-0.2, -0.15) is 0 Å². The van der Waals surface area contributed by atoms with Crippen LogP contribution in [-0.4, -0.2) is 58.8 Å². The third-order valence-electron chi connectivity index (χ3n) is 2.31. The van der Waals surface area contributed by atoms with Gasteiger partial charge >= 0.3 is 6.09 Å². The van der Waals surface area contributed by atoms with Crippen LogP contribution in [0.5, 0.6) is 0 Å². The summed E-state index contributed by atoms with van der Waals surface area (Å²) in [5.41, 5.74) is 0. The molecular weight excluding hydrogens is 248 g/mol. The van der Waals surface area contributed by atoms with Gasteiger partial charge in [-0.3, -0.25) is 0 Å². The Hall–Kier alpha value is -0.850. The highest BCUT2D eigenvalue weighted by Gasteiger charge is 1.99. The Kier molecular flexibility index (Phi) is 14.5. The normalized spacial score (nSPS) is 10.4. The Bertz CT molecular complexity index is 203. The van der Waals surface area contributed by atoms with Gasteiger partial charge in [0.2, 0.25) is 0 Å². The van der Waals surface area contributed by atoms with Crippen LogP contribution in [0.15, 0.2) is 0 Å². The first kappa shape index (κ1) is 18.1. The van der Waals surface area contributed by atoms with E-state index >= 15 is 0 Å². The van der Waals surface area contributed by atoms with Crippen LogP contribution >= 0.6 is 0 Å². The van der Waals surface area contributed by atoms with Gasteiger partial charge in [-0.15, -0.1) is 0 Å². The van der Waals surface area contributed by atoms with E-state index in [2.05, 4.69) is 24.5 Å². The SMILES string of the molecule is CCCCNC(=O)OCCOCCOCCNCC. The van der Waals surface area contributed by atoms with E-state index in [0.29, 0.717) is 33.0 Å². The molecule has 0 aromatic carbocycles. The van der Waals surface area contributed by atoms with E-state index in [1.165, 1.54) is 0 Å². The molecule has 0 spiro atoms. The van der Waals surface area contributed by atoms with Crippen molar-refractivity contribution in [1.82, 2.24) is 10.6 Å². The molecule has 2 N–H and O–H groups in total. The molecule has 6 heteroatoms. The molecule has 0 aliphatic rings. The van der Waals surface area contributed by atoms with Crippen molar-refractivity contribution in [3.05, 3.63) is 0 Å². The van der Waals surface area contributed by atoms with Gasteiger partial charge in [-0.1, -0.05) is 20.3 Å². The molecule has 0 saturated heterocycles. The van der Waals surface area contributed by atoms with Crippen molar-refractivity contribution in [3.8, 4) is 0 Å². The zero-order valence-electron chi connectivity index (χ0n) is 12.2. The highest BCUT2D eigenvalue weighted by atomic mass is 16.6. The molecule has 0 atom stereocenters. The highest BCUT2D eigenvalue weighted by Crippen LogP contribution is 1.85. The summed E-state index contributed by atoms with van der Waals surface area (Å²) in [5.74, 6) is 0. The van der Waals surface area contributed by atoms with Crippen molar-refractivity contribution in [2.75, 3.05) is 52.7 Å². The molecule has 114 valence electrons. The largest absolute Gasteiger partial charge is 0.447 e. The number of likely N-dealkylation sites (N-methyl/N-ethyl adjacent to an activating group) is 1. The number of amides is 1. The quantitative estimate of drug-likeness (QED) is 0.494. The maximum atomic E-state index is 11.1. The first-order valence-corrected chi connectivity index (χ1v) is 7.08. The van der Waals surface area contributed by atoms with Crippen molar-refractivity contribution < 1.29 is 19.0 Å². The summed E-state index contributed by atoms with van der Waals surface area (Å²) in [7, 11) is 0. The Labute approximate surface area is 116 Å². The third-order valence-corrected chi connectivity index (χ3v) is 2.31. The minimum Gasteiger partial charge on any atom is -0.447 e. The van der Waals surface area contributed by atoms with Gasteiger partial charge in [0.1, 0.15) is 6.61 Å². The molecule has 0 rings (SSSR count). The minimum atomic E-state index is -0.376. The molecule has 0 aromatic heterocycles. The number of hydrogen-bond acceptors (Lipinski definition) is 5. The maximum absolute atomic E-state index is 11.1. The van der Waals surface area contributed by atoms with Gasteiger partial charge < -0.3 is 24.8 Å². The summed E-state index contributed by atoms with van der Waals surface area (Å²) in [5, 5.41) is 5.83. The van der Waals surface area contributed by atoms with Crippen LogP contribution in [0.4, 0.5) is 4.79 Å². The summed E-state index contributed by atoms with van der Waals surface area (Å²) in [6, 6.07) is 0. The fourth-order valence-electron chi connectivity index (χ4n) is 1.25. The van der Waals surface area contributed by atoms with Gasteiger partial charge in [-0.25, -0.2) is 4.79 Å². The van der Waals surface area contributed by atoms with Gasteiger partial charge in [0.05, 0.1) is 26.4 Å². The number of nitrogens with one attached hydrogen (secondary N) is 2. The smallest absolute Gasteiger partial charge is 0.407 e. The minimum absolute atomic E-state index is 0.273. The van der Waals surface area contributed by atoms with Crippen molar-refractivity contribution in [2.45, 2.75) is 26.7 Å². The molecule has 0 fully saturated rings. The van der Waals surface area contributed by atoms with Crippen molar-refractivity contribution in [3.63, 3.8) is 0 Å². The topological polar surface area (TPSA) is 68.8 Å². The number of rotatable bonds is 13. The van der Waals surface area contributed by atoms with Crippen LogP contribution in [0, 0.1) is 0 Å². The number of carbonyl (C=O) groups is 1. The first-order chi connectivity index (χ1) is 9.31. The zero-order chi connectivity index (χ0) is 14.2. The molecule has 0 bridgehead atoms. The number of unbranched alkanes of at least 4 members (excludes halogenated alkanes) is 1. The second-order valence-corrected chi connectivity index (χ2v) is 3.99. The van der Waals surface area contributed by atoms with Crippen LogP contribution in [-0.2, 0) is 14.2 Å². The summed E-state index contributed by atoms with van der Waals surface area (Å²) < 4.78 is 15.5. The molecule has 0 saturated carbocycles. The van der Waals surface area contributed by atoms with Crippen molar-refractivity contribution in [1.29, 1.82) is 0 Å². The predicted octanol–water partition coefficient (Wildman–Crippen LogP) is 1.16. The summed E-state index contributed by atoms with van der Waals surface area (Å²) in [6.45, 7) is 9.05. The molecule has 19 heavy (non-hydrogen) atoms. The molecule has 0 heterocycles. The van der Waals surface area contributed by atoms with E-state index < -0.39 is 0 Å². The predicted molar refractivity (Wildman–Crippen MR) is 74.4 cm³/mol. The molecular formula is C13H28N2O4. The lowest BCUT2D eigenvalue weighted by molar-refractivity contribution is 0.0289. The van der Waals surface area contributed by atoms with Crippen molar-refractivity contribution in [2.24, 2.45) is 0 Å². The molecule has 0 radical (unpaired) electrons. The van der Waals surface area contributed by atoms with E-state index in [1.807, 2.05) is 0 Å². The van der Waals surface area contributed by atoms with Gasteiger partial charge in [-0.05, 0) is 13.0 Å². The van der Waals surface area contributed by atoms with E-state index in [9.17, 15) is 4.79 Å². The van der Waals surface area contributed by atoms with Crippen molar-refractivity contribution >= 4 is 6.09 Å². The first-order valence-electron chi connectivity index (χ1n) is 7.08. The number of alkyl carbamates (subject to hydrolysis) is 1. The van der Waals surface area contributed by atoms with Gasteiger partial charge in [0.25, 0.3) is 0 Å². The molecule has 0 aliphatic carbocycles. The zero-order valence-corrected chi connectivity index (χ0v) is 12.2. The number of ether oxygens (including phenoxy) is 3. The fraction of sp³-hybridized carbons (Fsp3) is 0.923. The van der Waals surface area contributed by atoms with Gasteiger partial charge in [0, 0.05) is 13.1 Å². The second-order valence-electron chi connectivity index (χ2n) is 3.99. The summed E-state index contributed by atoms with van der Waals surface area (Å²) in [4.78, 5) is 11.1. The van der Waals surface area contributed by atoms with E-state index in [1.54, 1.807) is 0 Å². The summed E-state index contributed by atoms with van der Waals surface area (Å²) in [6.07, 6.45) is 1.64. The highest BCUT2D eigenvalue weighted by molar-refractivity contribution is 5.66. The Morgan fingerprint density at radius 1 is 0.947 bits per heavy atom. The third kappa shape index (κ3) is 15.1. The average Bonchev–Trinajstić information content (AvgIpc) is 2.41.